The van der Waals surface area contributed by atoms with Crippen molar-refractivity contribution in [3.63, 3.8) is 0 Å². The zero-order valence-electron chi connectivity index (χ0n) is 9.25. The minimum atomic E-state index is -0.801. The van der Waals surface area contributed by atoms with Gasteiger partial charge >= 0.3 is 0 Å². The largest absolute Gasteiger partial charge is 0.379 e. The summed E-state index contributed by atoms with van der Waals surface area (Å²) in [6, 6.07) is 2.04. The number of ether oxygens (including phenoxy) is 2. The van der Waals surface area contributed by atoms with E-state index < -0.39 is 5.54 Å². The Labute approximate surface area is 86.0 Å². The molecule has 0 aromatic heterocycles. The summed E-state index contributed by atoms with van der Waals surface area (Å²) in [6.07, 6.45) is 0.528. The van der Waals surface area contributed by atoms with Gasteiger partial charge in [0.2, 0.25) is 0 Å². The molecule has 14 heavy (non-hydrogen) atoms. The first kappa shape index (κ1) is 13.4. The summed E-state index contributed by atoms with van der Waals surface area (Å²) >= 11 is 0. The molecule has 0 rings (SSSR count). The van der Waals surface area contributed by atoms with Crippen molar-refractivity contribution in [2.75, 3.05) is 19.8 Å². The van der Waals surface area contributed by atoms with Crippen molar-refractivity contribution in [1.29, 1.82) is 5.26 Å². The number of hydrogen-bond acceptors (Lipinski definition) is 4. The third-order valence-electron chi connectivity index (χ3n) is 1.80. The van der Waals surface area contributed by atoms with Crippen LogP contribution in [0, 0.1) is 11.3 Å². The summed E-state index contributed by atoms with van der Waals surface area (Å²) in [4.78, 5) is 0. The van der Waals surface area contributed by atoms with Gasteiger partial charge in [0.15, 0.2) is 0 Å². The van der Waals surface area contributed by atoms with Crippen LogP contribution in [0.25, 0.3) is 0 Å². The van der Waals surface area contributed by atoms with E-state index in [1.165, 1.54) is 0 Å². The van der Waals surface area contributed by atoms with Crippen molar-refractivity contribution in [2.45, 2.75) is 38.8 Å². The van der Waals surface area contributed by atoms with Crippen molar-refractivity contribution in [1.82, 2.24) is 0 Å². The fourth-order valence-electron chi connectivity index (χ4n) is 1.15. The number of nitrogens with zero attached hydrogens (tertiary/aromatic N) is 1. The molecule has 0 aromatic carbocycles. The second kappa shape index (κ2) is 6.77. The van der Waals surface area contributed by atoms with Gasteiger partial charge in [-0.25, -0.2) is 0 Å². The third kappa shape index (κ3) is 6.84. The first-order chi connectivity index (χ1) is 6.52. The Morgan fingerprint density at radius 3 is 2.64 bits per heavy atom. The Balaban J connectivity index is 3.56. The van der Waals surface area contributed by atoms with E-state index in [4.69, 9.17) is 20.5 Å². The van der Waals surface area contributed by atoms with Crippen molar-refractivity contribution >= 4 is 0 Å². The predicted molar refractivity (Wildman–Crippen MR) is 54.7 cm³/mol. The summed E-state index contributed by atoms with van der Waals surface area (Å²) in [7, 11) is 0. The van der Waals surface area contributed by atoms with Gasteiger partial charge < -0.3 is 15.2 Å². The van der Waals surface area contributed by atoms with Gasteiger partial charge in [-0.2, -0.15) is 5.26 Å². The Morgan fingerprint density at radius 2 is 2.14 bits per heavy atom. The summed E-state index contributed by atoms with van der Waals surface area (Å²) in [5.74, 6) is 0. The lowest BCUT2D eigenvalue weighted by atomic mass is 9.98. The van der Waals surface area contributed by atoms with E-state index in [9.17, 15) is 0 Å². The highest BCUT2D eigenvalue weighted by molar-refractivity contribution is 5.01. The van der Waals surface area contributed by atoms with Crippen molar-refractivity contribution < 1.29 is 9.47 Å². The maximum atomic E-state index is 8.70. The zero-order chi connectivity index (χ0) is 11.0. The van der Waals surface area contributed by atoms with Gasteiger partial charge in [0.25, 0.3) is 0 Å². The Morgan fingerprint density at radius 1 is 1.50 bits per heavy atom. The zero-order valence-corrected chi connectivity index (χ0v) is 9.25. The first-order valence-corrected chi connectivity index (χ1v) is 4.91. The molecule has 2 atom stereocenters. The van der Waals surface area contributed by atoms with Crippen molar-refractivity contribution in [2.24, 2.45) is 5.73 Å². The van der Waals surface area contributed by atoms with Gasteiger partial charge in [-0.15, -0.1) is 0 Å². The van der Waals surface area contributed by atoms with Gasteiger partial charge in [-0.05, 0) is 20.8 Å². The molecule has 2 unspecified atom stereocenters. The molecule has 0 saturated carbocycles. The molecule has 0 aliphatic heterocycles. The van der Waals surface area contributed by atoms with Crippen LogP contribution in [0.15, 0.2) is 0 Å². The van der Waals surface area contributed by atoms with Crippen LogP contribution in [-0.4, -0.2) is 31.5 Å². The van der Waals surface area contributed by atoms with Crippen molar-refractivity contribution in [3.8, 4) is 6.07 Å². The van der Waals surface area contributed by atoms with Crippen LogP contribution >= 0.6 is 0 Å². The van der Waals surface area contributed by atoms with Gasteiger partial charge in [-0.3, -0.25) is 0 Å². The number of nitrogens with two attached hydrogens (primary N) is 1. The van der Waals surface area contributed by atoms with E-state index in [1.54, 1.807) is 6.92 Å². The van der Waals surface area contributed by atoms with E-state index in [-0.39, 0.29) is 6.10 Å². The maximum Gasteiger partial charge on any atom is 0.103 e. The smallest absolute Gasteiger partial charge is 0.103 e. The highest BCUT2D eigenvalue weighted by atomic mass is 16.5. The van der Waals surface area contributed by atoms with Gasteiger partial charge in [0.1, 0.15) is 5.54 Å². The molecule has 4 nitrogen and oxygen atoms in total. The topological polar surface area (TPSA) is 68.3 Å². The van der Waals surface area contributed by atoms with E-state index in [0.29, 0.717) is 26.2 Å². The second-order valence-electron chi connectivity index (χ2n) is 3.61. The molecular weight excluding hydrogens is 180 g/mol. The molecule has 0 aliphatic carbocycles. The summed E-state index contributed by atoms with van der Waals surface area (Å²) in [5, 5.41) is 8.70. The fourth-order valence-corrected chi connectivity index (χ4v) is 1.15. The highest BCUT2D eigenvalue weighted by Crippen LogP contribution is 2.09. The molecule has 0 saturated heterocycles. The molecule has 0 heterocycles. The summed E-state index contributed by atoms with van der Waals surface area (Å²) in [5.41, 5.74) is 4.87. The van der Waals surface area contributed by atoms with Crippen LogP contribution in [0.3, 0.4) is 0 Å². The lowest BCUT2D eigenvalue weighted by Gasteiger charge is -2.20. The van der Waals surface area contributed by atoms with Crippen LogP contribution in [0.2, 0.25) is 0 Å². The van der Waals surface area contributed by atoms with E-state index in [2.05, 4.69) is 0 Å². The van der Waals surface area contributed by atoms with Gasteiger partial charge in [-0.1, -0.05) is 0 Å². The van der Waals surface area contributed by atoms with Crippen molar-refractivity contribution in [3.05, 3.63) is 0 Å². The normalized spacial score (nSPS) is 17.1. The SMILES string of the molecule is CCOCCOC(C)CC(C)(N)C#N. The van der Waals surface area contributed by atoms with E-state index in [1.807, 2.05) is 19.9 Å². The molecule has 0 aliphatic rings. The van der Waals surface area contributed by atoms with E-state index in [0.717, 1.165) is 0 Å². The summed E-state index contributed by atoms with van der Waals surface area (Å²) in [6.45, 7) is 7.40. The molecule has 0 spiro atoms. The molecular formula is C10H20N2O2. The maximum absolute atomic E-state index is 8.70. The standard InChI is InChI=1S/C10H20N2O2/c1-4-13-5-6-14-9(2)7-10(3,12)8-11/h9H,4-7,12H2,1-3H3. The van der Waals surface area contributed by atoms with E-state index >= 15 is 0 Å². The molecule has 4 heteroatoms. The minimum absolute atomic E-state index is 0.00916. The molecule has 82 valence electrons. The number of hydrogen-bond donors (Lipinski definition) is 1. The second-order valence-corrected chi connectivity index (χ2v) is 3.61. The molecule has 0 fully saturated rings. The predicted octanol–water partition coefficient (Wildman–Crippen LogP) is 1.06. The lowest BCUT2D eigenvalue weighted by molar-refractivity contribution is 0.00726. The Kier molecular flexibility index (Phi) is 6.46. The monoisotopic (exact) mass is 200 g/mol. The fraction of sp³-hybridized carbons (Fsp3) is 0.900. The Bertz CT molecular complexity index is 187. The average molecular weight is 200 g/mol. The third-order valence-corrected chi connectivity index (χ3v) is 1.80. The van der Waals surface area contributed by atoms with Gasteiger partial charge in [0, 0.05) is 13.0 Å². The number of rotatable bonds is 7. The minimum Gasteiger partial charge on any atom is -0.379 e. The molecule has 2 N–H and O–H groups in total. The first-order valence-electron chi connectivity index (χ1n) is 4.91. The highest BCUT2D eigenvalue weighted by Gasteiger charge is 2.21. The van der Waals surface area contributed by atoms with Crippen LogP contribution in [0.5, 0.6) is 0 Å². The molecule has 0 aromatic rings. The van der Waals surface area contributed by atoms with Crippen LogP contribution in [-0.2, 0) is 9.47 Å². The van der Waals surface area contributed by atoms with Crippen LogP contribution < -0.4 is 5.73 Å². The quantitative estimate of drug-likeness (QED) is 0.624. The lowest BCUT2D eigenvalue weighted by Crippen LogP contribution is -2.38. The van der Waals surface area contributed by atoms with Crippen LogP contribution in [0.4, 0.5) is 0 Å². The molecule has 0 radical (unpaired) electrons. The Hall–Kier alpha value is -0.630. The summed E-state index contributed by atoms with van der Waals surface area (Å²) < 4.78 is 10.5. The number of nitriles is 1. The van der Waals surface area contributed by atoms with Crippen LogP contribution in [0.1, 0.15) is 27.2 Å². The molecule has 0 bridgehead atoms. The average Bonchev–Trinajstić information content (AvgIpc) is 2.12. The molecule has 0 amide bonds. The van der Waals surface area contributed by atoms with Gasteiger partial charge in [0.05, 0.1) is 25.4 Å².